The third-order valence-corrected chi connectivity index (χ3v) is 2.34. The molecule has 0 aliphatic rings. The Balaban J connectivity index is 2.56. The van der Waals surface area contributed by atoms with Crippen molar-refractivity contribution in [2.24, 2.45) is 5.73 Å². The SMILES string of the molecule is NCCC(O)C(=O)NCc1cccc(OC(F)(F)F)c1. The van der Waals surface area contributed by atoms with Gasteiger partial charge in [0.15, 0.2) is 0 Å². The standard InChI is InChI=1S/C12H15F3N2O3/c13-12(14,15)20-9-3-1-2-8(6-9)7-17-11(19)10(18)4-5-16/h1-3,6,10,18H,4-5,7,16H2,(H,17,19). The molecule has 0 saturated carbocycles. The number of alkyl halides is 3. The molecule has 0 aromatic heterocycles. The van der Waals surface area contributed by atoms with Gasteiger partial charge in [-0.25, -0.2) is 0 Å². The van der Waals surface area contributed by atoms with E-state index in [1.807, 2.05) is 0 Å². The number of hydrogen-bond acceptors (Lipinski definition) is 4. The number of aliphatic hydroxyl groups is 1. The van der Waals surface area contributed by atoms with Crippen molar-refractivity contribution in [2.75, 3.05) is 6.54 Å². The van der Waals surface area contributed by atoms with Crippen LogP contribution in [0.1, 0.15) is 12.0 Å². The minimum Gasteiger partial charge on any atom is -0.406 e. The first kappa shape index (κ1) is 16.3. The molecule has 0 aliphatic heterocycles. The molecule has 0 spiro atoms. The molecular formula is C12H15F3N2O3. The molecule has 4 N–H and O–H groups in total. The first-order valence-electron chi connectivity index (χ1n) is 5.82. The van der Waals surface area contributed by atoms with Crippen LogP contribution in [0.4, 0.5) is 13.2 Å². The molecule has 0 fully saturated rings. The van der Waals surface area contributed by atoms with Crippen LogP contribution in [0, 0.1) is 0 Å². The van der Waals surface area contributed by atoms with Crippen molar-refractivity contribution in [1.29, 1.82) is 0 Å². The van der Waals surface area contributed by atoms with Gasteiger partial charge in [0.05, 0.1) is 0 Å². The Hall–Kier alpha value is -1.80. The molecule has 1 amide bonds. The molecule has 5 nitrogen and oxygen atoms in total. The number of ether oxygens (including phenoxy) is 1. The summed E-state index contributed by atoms with van der Waals surface area (Å²) in [6.45, 7) is 0.138. The van der Waals surface area contributed by atoms with Crippen LogP contribution in [0.25, 0.3) is 0 Å². The lowest BCUT2D eigenvalue weighted by atomic mass is 10.2. The number of rotatable bonds is 6. The van der Waals surface area contributed by atoms with Crippen LogP contribution in [-0.4, -0.2) is 30.0 Å². The zero-order valence-corrected chi connectivity index (χ0v) is 10.5. The fraction of sp³-hybridized carbons (Fsp3) is 0.417. The Morgan fingerprint density at radius 3 is 2.75 bits per heavy atom. The average Bonchev–Trinajstić information content (AvgIpc) is 2.34. The summed E-state index contributed by atoms with van der Waals surface area (Å²) in [7, 11) is 0. The van der Waals surface area contributed by atoms with Gasteiger partial charge in [-0.15, -0.1) is 13.2 Å². The van der Waals surface area contributed by atoms with Gasteiger partial charge in [0, 0.05) is 6.54 Å². The number of carbonyl (C=O) groups is 1. The maximum Gasteiger partial charge on any atom is 0.573 e. The molecule has 1 unspecified atom stereocenters. The van der Waals surface area contributed by atoms with E-state index in [9.17, 15) is 23.1 Å². The smallest absolute Gasteiger partial charge is 0.406 e. The predicted molar refractivity (Wildman–Crippen MR) is 64.6 cm³/mol. The molecule has 0 bridgehead atoms. The van der Waals surface area contributed by atoms with Crippen LogP contribution < -0.4 is 15.8 Å². The number of hydrogen-bond donors (Lipinski definition) is 3. The monoisotopic (exact) mass is 292 g/mol. The van der Waals surface area contributed by atoms with Gasteiger partial charge in [0.25, 0.3) is 0 Å². The predicted octanol–water partition coefficient (Wildman–Crippen LogP) is 0.911. The van der Waals surface area contributed by atoms with Gasteiger partial charge in [0.2, 0.25) is 5.91 Å². The summed E-state index contributed by atoms with van der Waals surface area (Å²) in [6.07, 6.45) is -5.88. The summed E-state index contributed by atoms with van der Waals surface area (Å²) in [5.74, 6) is -0.996. The molecule has 0 heterocycles. The first-order chi connectivity index (χ1) is 9.31. The van der Waals surface area contributed by atoms with Crippen molar-refractivity contribution in [1.82, 2.24) is 5.32 Å². The summed E-state index contributed by atoms with van der Waals surface area (Å²) < 4.78 is 39.9. The number of carbonyl (C=O) groups excluding carboxylic acids is 1. The minimum atomic E-state index is -4.76. The third kappa shape index (κ3) is 5.89. The van der Waals surface area contributed by atoms with Crippen molar-refractivity contribution in [3.8, 4) is 5.75 Å². The molecule has 8 heteroatoms. The van der Waals surface area contributed by atoms with E-state index in [1.165, 1.54) is 12.1 Å². The Labute approximate surface area is 113 Å². The Kier molecular flexibility index (Phi) is 5.78. The lowest BCUT2D eigenvalue weighted by molar-refractivity contribution is -0.274. The van der Waals surface area contributed by atoms with E-state index in [1.54, 1.807) is 0 Å². The van der Waals surface area contributed by atoms with Crippen LogP contribution in [0.5, 0.6) is 5.75 Å². The van der Waals surface area contributed by atoms with Gasteiger partial charge < -0.3 is 20.9 Å². The Morgan fingerprint density at radius 1 is 1.45 bits per heavy atom. The van der Waals surface area contributed by atoms with E-state index in [-0.39, 0.29) is 25.3 Å². The maximum atomic E-state index is 12.0. The van der Waals surface area contributed by atoms with Gasteiger partial charge in [-0.3, -0.25) is 4.79 Å². The molecular weight excluding hydrogens is 277 g/mol. The van der Waals surface area contributed by atoms with E-state index in [0.29, 0.717) is 5.56 Å². The van der Waals surface area contributed by atoms with Gasteiger partial charge in [-0.1, -0.05) is 12.1 Å². The summed E-state index contributed by atoms with van der Waals surface area (Å²) in [6, 6.07) is 5.21. The van der Waals surface area contributed by atoms with E-state index in [0.717, 1.165) is 12.1 Å². The minimum absolute atomic E-state index is 0.0183. The highest BCUT2D eigenvalue weighted by Crippen LogP contribution is 2.23. The molecule has 1 aromatic carbocycles. The molecule has 20 heavy (non-hydrogen) atoms. The van der Waals surface area contributed by atoms with Crippen molar-refractivity contribution in [3.05, 3.63) is 29.8 Å². The van der Waals surface area contributed by atoms with Crippen molar-refractivity contribution in [3.63, 3.8) is 0 Å². The second-order valence-corrected chi connectivity index (χ2v) is 4.01. The van der Waals surface area contributed by atoms with Crippen LogP contribution in [0.15, 0.2) is 24.3 Å². The van der Waals surface area contributed by atoms with Gasteiger partial charge in [0.1, 0.15) is 11.9 Å². The molecule has 112 valence electrons. The van der Waals surface area contributed by atoms with E-state index in [4.69, 9.17) is 5.73 Å². The zero-order chi connectivity index (χ0) is 15.2. The lowest BCUT2D eigenvalue weighted by Gasteiger charge is -2.12. The topological polar surface area (TPSA) is 84.6 Å². The molecule has 1 aromatic rings. The van der Waals surface area contributed by atoms with Gasteiger partial charge >= 0.3 is 6.36 Å². The fourth-order valence-corrected chi connectivity index (χ4v) is 1.45. The summed E-state index contributed by atoms with van der Waals surface area (Å²) >= 11 is 0. The zero-order valence-electron chi connectivity index (χ0n) is 10.5. The van der Waals surface area contributed by atoms with Crippen LogP contribution in [0.2, 0.25) is 0 Å². The third-order valence-electron chi connectivity index (χ3n) is 2.34. The number of aliphatic hydroxyl groups excluding tert-OH is 1. The van der Waals surface area contributed by atoms with E-state index in [2.05, 4.69) is 10.1 Å². The van der Waals surface area contributed by atoms with E-state index >= 15 is 0 Å². The molecule has 0 saturated heterocycles. The van der Waals surface area contributed by atoms with E-state index < -0.39 is 18.4 Å². The van der Waals surface area contributed by atoms with Gasteiger partial charge in [-0.2, -0.15) is 0 Å². The first-order valence-corrected chi connectivity index (χ1v) is 5.82. The Bertz CT molecular complexity index is 452. The number of halogens is 3. The van der Waals surface area contributed by atoms with Crippen molar-refractivity contribution in [2.45, 2.75) is 25.4 Å². The summed E-state index contributed by atoms with van der Waals surface area (Å²) in [4.78, 5) is 11.4. The number of nitrogens with two attached hydrogens (primary N) is 1. The van der Waals surface area contributed by atoms with Crippen molar-refractivity contribution < 1.29 is 27.8 Å². The van der Waals surface area contributed by atoms with Crippen LogP contribution in [0.3, 0.4) is 0 Å². The van der Waals surface area contributed by atoms with Crippen LogP contribution >= 0.6 is 0 Å². The van der Waals surface area contributed by atoms with Gasteiger partial charge in [-0.05, 0) is 30.7 Å². The molecule has 1 atom stereocenters. The summed E-state index contributed by atoms with van der Waals surface area (Å²) in [5, 5.41) is 11.7. The largest absolute Gasteiger partial charge is 0.573 e. The van der Waals surface area contributed by atoms with Crippen LogP contribution in [-0.2, 0) is 11.3 Å². The maximum absolute atomic E-state index is 12.0. The molecule has 0 radical (unpaired) electrons. The number of nitrogens with one attached hydrogen (secondary N) is 1. The highest BCUT2D eigenvalue weighted by atomic mass is 19.4. The number of amides is 1. The summed E-state index contributed by atoms with van der Waals surface area (Å²) in [5.41, 5.74) is 5.61. The fourth-order valence-electron chi connectivity index (χ4n) is 1.45. The normalized spacial score (nSPS) is 12.8. The second-order valence-electron chi connectivity index (χ2n) is 4.01. The highest BCUT2D eigenvalue weighted by molar-refractivity contribution is 5.80. The Morgan fingerprint density at radius 2 is 2.15 bits per heavy atom. The lowest BCUT2D eigenvalue weighted by Crippen LogP contribution is -2.35. The highest BCUT2D eigenvalue weighted by Gasteiger charge is 2.31. The number of benzene rings is 1. The average molecular weight is 292 g/mol. The molecule has 0 aliphatic carbocycles. The molecule has 1 rings (SSSR count). The quantitative estimate of drug-likeness (QED) is 0.727. The van der Waals surface area contributed by atoms with Crippen molar-refractivity contribution >= 4 is 5.91 Å². The second kappa shape index (κ2) is 7.11.